The summed E-state index contributed by atoms with van der Waals surface area (Å²) in [6.45, 7) is 3.51. The SMILES string of the molecule is COc1ccc2c(c1)/C(=C/CCN1CCC3(CC1)NC(=O)Cc1ccccc13)C1C=CC=NC1CO2. The quantitative estimate of drug-likeness (QED) is 0.710. The van der Waals surface area contributed by atoms with E-state index < -0.39 is 0 Å². The lowest BCUT2D eigenvalue weighted by Crippen LogP contribution is -2.56. The van der Waals surface area contributed by atoms with Crippen LogP contribution in [0.2, 0.25) is 0 Å². The highest BCUT2D eigenvalue weighted by Crippen LogP contribution is 2.41. The molecule has 0 bridgehead atoms. The van der Waals surface area contributed by atoms with E-state index in [2.05, 4.69) is 46.6 Å². The summed E-state index contributed by atoms with van der Waals surface area (Å²) in [6, 6.07) is 14.6. The van der Waals surface area contributed by atoms with Gasteiger partial charge in [-0.05, 0) is 60.2 Å². The molecule has 0 aliphatic carbocycles. The van der Waals surface area contributed by atoms with E-state index in [0.29, 0.717) is 13.0 Å². The molecule has 0 radical (unpaired) electrons. The van der Waals surface area contributed by atoms with Crippen molar-refractivity contribution in [2.24, 2.45) is 10.9 Å². The number of amides is 1. The molecule has 4 aliphatic rings. The smallest absolute Gasteiger partial charge is 0.225 e. The molecule has 1 spiro atoms. The highest BCUT2D eigenvalue weighted by molar-refractivity contribution is 5.82. The van der Waals surface area contributed by atoms with Gasteiger partial charge in [-0.25, -0.2) is 0 Å². The fraction of sp³-hybridized carbons (Fsp3) is 0.400. The first kappa shape index (κ1) is 23.0. The van der Waals surface area contributed by atoms with Gasteiger partial charge in [-0.15, -0.1) is 0 Å². The van der Waals surface area contributed by atoms with Crippen LogP contribution >= 0.6 is 0 Å². The van der Waals surface area contributed by atoms with Gasteiger partial charge in [0.2, 0.25) is 5.91 Å². The van der Waals surface area contributed by atoms with Gasteiger partial charge < -0.3 is 19.7 Å². The Balaban J connectivity index is 1.18. The first-order valence-electron chi connectivity index (χ1n) is 13.0. The van der Waals surface area contributed by atoms with Crippen LogP contribution in [0.25, 0.3) is 5.57 Å². The fourth-order valence-electron chi connectivity index (χ4n) is 6.24. The average molecular weight is 484 g/mol. The van der Waals surface area contributed by atoms with E-state index in [0.717, 1.165) is 56.0 Å². The Bertz CT molecular complexity index is 1240. The number of ether oxygens (including phenoxy) is 2. The topological polar surface area (TPSA) is 63.2 Å². The standard InChI is InChI=1S/C30H33N3O3/c1-35-22-10-11-28-25(19-22)23(24-7-4-14-31-27(24)20-36-28)8-5-15-33-16-12-30(13-17-33)26-9-3-2-6-21(26)18-29(34)32-30/h2-4,6-11,14,19,24,27H,5,12-13,15-18,20H2,1H3,(H,32,34)/b23-8+. The van der Waals surface area contributed by atoms with Crippen molar-refractivity contribution in [2.75, 3.05) is 33.4 Å². The molecule has 6 heteroatoms. The van der Waals surface area contributed by atoms with Crippen LogP contribution in [0.15, 0.2) is 65.7 Å². The number of allylic oxidation sites excluding steroid dienone is 1. The zero-order valence-electron chi connectivity index (χ0n) is 20.8. The van der Waals surface area contributed by atoms with Gasteiger partial charge in [0.1, 0.15) is 18.1 Å². The Morgan fingerprint density at radius 1 is 1.22 bits per heavy atom. The van der Waals surface area contributed by atoms with Crippen LogP contribution in [-0.2, 0) is 16.8 Å². The summed E-state index contributed by atoms with van der Waals surface area (Å²) < 4.78 is 11.7. The third-order valence-corrected chi connectivity index (χ3v) is 8.14. The number of dihydropyridines is 1. The molecule has 6 rings (SSSR count). The van der Waals surface area contributed by atoms with E-state index in [1.807, 2.05) is 30.5 Å². The van der Waals surface area contributed by atoms with Gasteiger partial charge in [-0.3, -0.25) is 9.79 Å². The Hall–Kier alpha value is -3.38. The maximum Gasteiger partial charge on any atom is 0.225 e. The molecule has 0 saturated carbocycles. The molecule has 1 fully saturated rings. The lowest BCUT2D eigenvalue weighted by molar-refractivity contribution is -0.124. The van der Waals surface area contributed by atoms with Gasteiger partial charge in [0.15, 0.2) is 0 Å². The van der Waals surface area contributed by atoms with Crippen molar-refractivity contribution in [3.05, 3.63) is 77.4 Å². The minimum atomic E-state index is -0.215. The fourth-order valence-corrected chi connectivity index (χ4v) is 6.24. The van der Waals surface area contributed by atoms with Crippen LogP contribution in [0.1, 0.15) is 36.0 Å². The number of carbonyl (C=O) groups is 1. The van der Waals surface area contributed by atoms with Crippen molar-refractivity contribution in [3.63, 3.8) is 0 Å². The van der Waals surface area contributed by atoms with Crippen LogP contribution in [0, 0.1) is 5.92 Å². The van der Waals surface area contributed by atoms with Crippen molar-refractivity contribution >= 4 is 17.7 Å². The molecule has 6 nitrogen and oxygen atoms in total. The van der Waals surface area contributed by atoms with Crippen LogP contribution in [0.4, 0.5) is 0 Å². The van der Waals surface area contributed by atoms with Gasteiger partial charge in [-0.1, -0.05) is 36.4 Å². The summed E-state index contributed by atoms with van der Waals surface area (Å²) in [4.78, 5) is 19.7. The van der Waals surface area contributed by atoms with Gasteiger partial charge >= 0.3 is 0 Å². The third kappa shape index (κ3) is 4.24. The molecule has 1 saturated heterocycles. The van der Waals surface area contributed by atoms with Gasteiger partial charge in [0, 0.05) is 37.3 Å². The van der Waals surface area contributed by atoms with E-state index in [4.69, 9.17) is 14.5 Å². The normalized spacial score (nSPS) is 25.4. The molecule has 2 unspecified atom stereocenters. The Morgan fingerprint density at radius 3 is 2.94 bits per heavy atom. The molecule has 36 heavy (non-hydrogen) atoms. The summed E-state index contributed by atoms with van der Waals surface area (Å²) >= 11 is 0. The predicted octanol–water partition coefficient (Wildman–Crippen LogP) is 4.15. The van der Waals surface area contributed by atoms with Gasteiger partial charge in [0.25, 0.3) is 0 Å². The number of carbonyl (C=O) groups excluding carboxylic acids is 1. The van der Waals surface area contributed by atoms with E-state index in [-0.39, 0.29) is 23.4 Å². The molecule has 1 amide bonds. The molecular formula is C30H33N3O3. The number of likely N-dealkylation sites (tertiary alicyclic amines) is 1. The van der Waals surface area contributed by atoms with E-state index in [1.54, 1.807) is 7.11 Å². The summed E-state index contributed by atoms with van der Waals surface area (Å²) in [5, 5.41) is 3.35. The van der Waals surface area contributed by atoms with Crippen molar-refractivity contribution in [2.45, 2.75) is 37.3 Å². The second-order valence-corrected chi connectivity index (χ2v) is 10.2. The number of methoxy groups -OCH3 is 1. The largest absolute Gasteiger partial charge is 0.497 e. The maximum atomic E-state index is 12.5. The number of fused-ring (bicyclic) bond motifs is 4. The van der Waals surface area contributed by atoms with Gasteiger partial charge in [0.05, 0.1) is 25.1 Å². The van der Waals surface area contributed by atoms with Crippen LogP contribution in [-0.4, -0.2) is 56.4 Å². The first-order chi connectivity index (χ1) is 17.6. The minimum absolute atomic E-state index is 0.0875. The molecule has 2 aromatic carbocycles. The second kappa shape index (κ2) is 9.58. The van der Waals surface area contributed by atoms with E-state index in [1.165, 1.54) is 16.7 Å². The Kier molecular flexibility index (Phi) is 6.13. The number of benzene rings is 2. The molecule has 2 atom stereocenters. The van der Waals surface area contributed by atoms with Crippen molar-refractivity contribution in [1.82, 2.24) is 10.2 Å². The van der Waals surface area contributed by atoms with Crippen LogP contribution < -0.4 is 14.8 Å². The van der Waals surface area contributed by atoms with E-state index in [9.17, 15) is 4.79 Å². The molecule has 4 aliphatic heterocycles. The Morgan fingerprint density at radius 2 is 2.08 bits per heavy atom. The zero-order chi connectivity index (χ0) is 24.5. The molecule has 186 valence electrons. The summed E-state index contributed by atoms with van der Waals surface area (Å²) in [5.74, 6) is 2.07. The average Bonchev–Trinajstić information content (AvgIpc) is 3.06. The zero-order valence-corrected chi connectivity index (χ0v) is 20.8. The molecular weight excluding hydrogens is 450 g/mol. The monoisotopic (exact) mass is 483 g/mol. The number of piperidine rings is 1. The van der Waals surface area contributed by atoms with Crippen LogP contribution in [0.5, 0.6) is 11.5 Å². The Labute approximate surface area is 212 Å². The molecule has 4 heterocycles. The first-order valence-corrected chi connectivity index (χ1v) is 13.0. The van der Waals surface area contributed by atoms with Crippen LogP contribution in [0.3, 0.4) is 0 Å². The van der Waals surface area contributed by atoms with Crippen molar-refractivity contribution < 1.29 is 14.3 Å². The highest BCUT2D eigenvalue weighted by atomic mass is 16.5. The molecule has 0 aromatic heterocycles. The summed E-state index contributed by atoms with van der Waals surface area (Å²) in [7, 11) is 1.70. The van der Waals surface area contributed by atoms with Crippen molar-refractivity contribution in [1.29, 1.82) is 0 Å². The lowest BCUT2D eigenvalue weighted by atomic mass is 9.75. The van der Waals surface area contributed by atoms with E-state index >= 15 is 0 Å². The number of aliphatic imine (C=N–C) groups is 1. The van der Waals surface area contributed by atoms with Crippen molar-refractivity contribution in [3.8, 4) is 11.5 Å². The van der Waals surface area contributed by atoms with Gasteiger partial charge in [-0.2, -0.15) is 0 Å². The summed E-state index contributed by atoms with van der Waals surface area (Å²) in [6.07, 6.45) is 11.9. The number of hydrogen-bond acceptors (Lipinski definition) is 5. The second-order valence-electron chi connectivity index (χ2n) is 10.2. The number of rotatable bonds is 4. The number of nitrogens with one attached hydrogen (secondary N) is 1. The maximum absolute atomic E-state index is 12.5. The number of nitrogens with zero attached hydrogens (tertiary/aromatic N) is 2. The molecule has 2 aromatic rings. The third-order valence-electron chi connectivity index (χ3n) is 8.14. The number of hydrogen-bond donors (Lipinski definition) is 1. The minimum Gasteiger partial charge on any atom is -0.497 e. The molecule has 1 N–H and O–H groups in total. The highest BCUT2D eigenvalue weighted by Gasteiger charge is 2.41. The summed E-state index contributed by atoms with van der Waals surface area (Å²) in [5.41, 5.74) is 4.64. The predicted molar refractivity (Wildman–Crippen MR) is 142 cm³/mol. The lowest BCUT2D eigenvalue weighted by Gasteiger charge is -2.45.